The average Bonchev–Trinajstić information content (AvgIpc) is 2.99. The number of benzene rings is 2. The second-order valence-corrected chi connectivity index (χ2v) is 13.5. The Labute approximate surface area is 272 Å². The Bertz CT molecular complexity index is 1480. The van der Waals surface area contributed by atoms with Crippen molar-refractivity contribution in [3.05, 3.63) is 77.1 Å². The zero-order valence-corrected chi connectivity index (χ0v) is 27.9. The van der Waals surface area contributed by atoms with E-state index in [-0.39, 0.29) is 24.3 Å². The van der Waals surface area contributed by atoms with E-state index in [4.69, 9.17) is 30.8 Å². The zero-order chi connectivity index (χ0) is 32.1. The van der Waals surface area contributed by atoms with Crippen LogP contribution < -0.4 is 25.0 Å². The first-order valence-corrected chi connectivity index (χ1v) is 16.2. The number of pyridine rings is 1. The number of anilines is 3. The second-order valence-electron chi connectivity index (χ2n) is 13.1. The van der Waals surface area contributed by atoms with Gasteiger partial charge in [-0.05, 0) is 109 Å². The number of nitrogens with one attached hydrogen (secondary N) is 2. The molecule has 1 atom stereocenters. The number of ether oxygens (including phenoxy) is 3. The number of hydrogen-bond acceptors (Lipinski definition) is 7. The van der Waals surface area contributed by atoms with E-state index in [2.05, 4.69) is 39.8 Å². The highest BCUT2D eigenvalue weighted by molar-refractivity contribution is 6.30. The highest BCUT2D eigenvalue weighted by atomic mass is 35.5. The van der Waals surface area contributed by atoms with Crippen LogP contribution in [-0.4, -0.2) is 42.5 Å². The van der Waals surface area contributed by atoms with Gasteiger partial charge in [0.2, 0.25) is 0 Å². The molecule has 0 bridgehead atoms. The molecule has 2 N–H and O–H groups in total. The van der Waals surface area contributed by atoms with E-state index in [0.717, 1.165) is 60.5 Å². The lowest BCUT2D eigenvalue weighted by Gasteiger charge is -2.36. The molecule has 1 amide bonds. The maximum atomic E-state index is 12.1. The van der Waals surface area contributed by atoms with Gasteiger partial charge < -0.3 is 29.7 Å². The molecule has 240 valence electrons. The highest BCUT2D eigenvalue weighted by Crippen LogP contribution is 2.46. The molecule has 1 aliphatic heterocycles. The predicted octanol–water partition coefficient (Wildman–Crippen LogP) is 8.93. The minimum absolute atomic E-state index is 0.00140. The minimum atomic E-state index is -0.485. The van der Waals surface area contributed by atoms with Gasteiger partial charge in [-0.3, -0.25) is 4.98 Å². The number of methoxy groups -OCH3 is 1. The van der Waals surface area contributed by atoms with Crippen LogP contribution in [0.25, 0.3) is 6.08 Å². The van der Waals surface area contributed by atoms with Crippen LogP contribution in [-0.2, 0) is 4.74 Å². The molecule has 1 aromatic heterocycles. The molecule has 9 heteroatoms. The Morgan fingerprint density at radius 1 is 1.04 bits per heavy atom. The summed E-state index contributed by atoms with van der Waals surface area (Å²) >= 11 is 6.27. The first-order chi connectivity index (χ1) is 21.5. The molecule has 45 heavy (non-hydrogen) atoms. The van der Waals surface area contributed by atoms with Gasteiger partial charge in [0.05, 0.1) is 42.5 Å². The summed E-state index contributed by atoms with van der Waals surface area (Å²) in [7, 11) is 1.66. The predicted molar refractivity (Wildman–Crippen MR) is 182 cm³/mol. The summed E-state index contributed by atoms with van der Waals surface area (Å²) in [4.78, 5) is 19.3. The van der Waals surface area contributed by atoms with Gasteiger partial charge in [-0.2, -0.15) is 0 Å². The summed E-state index contributed by atoms with van der Waals surface area (Å²) < 4.78 is 17.2. The number of aromatic nitrogens is 1. The summed E-state index contributed by atoms with van der Waals surface area (Å²) in [6.07, 6.45) is 9.88. The summed E-state index contributed by atoms with van der Waals surface area (Å²) in [5.41, 5.74) is 4.46. The van der Waals surface area contributed by atoms with Crippen molar-refractivity contribution in [2.75, 3.05) is 23.9 Å². The molecule has 8 nitrogen and oxygen atoms in total. The van der Waals surface area contributed by atoms with E-state index in [1.54, 1.807) is 7.11 Å². The monoisotopic (exact) mass is 632 g/mol. The number of carbonyl (C=O) groups is 1. The third-order valence-electron chi connectivity index (χ3n) is 8.03. The van der Waals surface area contributed by atoms with Crippen molar-refractivity contribution < 1.29 is 19.0 Å². The first kappa shape index (κ1) is 32.5. The van der Waals surface area contributed by atoms with E-state index in [0.29, 0.717) is 22.4 Å². The topological polar surface area (TPSA) is 85.0 Å². The van der Waals surface area contributed by atoms with Crippen LogP contribution in [0.4, 0.5) is 21.9 Å². The van der Waals surface area contributed by atoms with Gasteiger partial charge in [0.25, 0.3) is 0 Å². The van der Waals surface area contributed by atoms with Crippen LogP contribution in [0.5, 0.6) is 11.5 Å². The SMILES string of the molecule is COc1cc2c(cc1OC(C)C)N(c1ccc(Cl)cc1)[C@H](c1ccc(NCC3CCC(NC(=O)OC(C)(C)C)CC3)cn1)C=C2. The van der Waals surface area contributed by atoms with Crippen molar-refractivity contribution >= 4 is 40.8 Å². The smallest absolute Gasteiger partial charge is 0.407 e. The molecule has 5 rings (SSSR count). The average molecular weight is 633 g/mol. The van der Waals surface area contributed by atoms with Crippen molar-refractivity contribution in [2.24, 2.45) is 5.92 Å². The number of amides is 1. The van der Waals surface area contributed by atoms with Crippen LogP contribution >= 0.6 is 11.6 Å². The van der Waals surface area contributed by atoms with Crippen LogP contribution in [0.2, 0.25) is 5.02 Å². The summed E-state index contributed by atoms with van der Waals surface area (Å²) in [6.45, 7) is 10.5. The van der Waals surface area contributed by atoms with Gasteiger partial charge >= 0.3 is 6.09 Å². The lowest BCUT2D eigenvalue weighted by molar-refractivity contribution is 0.0488. The highest BCUT2D eigenvalue weighted by Gasteiger charge is 2.29. The molecule has 1 aliphatic carbocycles. The molecule has 0 radical (unpaired) electrons. The molecule has 2 heterocycles. The number of hydrogen-bond donors (Lipinski definition) is 2. The molecule has 3 aromatic rings. The van der Waals surface area contributed by atoms with Crippen LogP contribution in [0.3, 0.4) is 0 Å². The fraction of sp³-hybridized carbons (Fsp3) is 0.444. The van der Waals surface area contributed by atoms with Gasteiger partial charge in [0.1, 0.15) is 5.60 Å². The van der Waals surface area contributed by atoms with Crippen LogP contribution in [0, 0.1) is 5.92 Å². The van der Waals surface area contributed by atoms with Gasteiger partial charge in [-0.25, -0.2) is 4.79 Å². The Morgan fingerprint density at radius 3 is 2.40 bits per heavy atom. The molecule has 2 aromatic carbocycles. The summed E-state index contributed by atoms with van der Waals surface area (Å²) in [6, 6.07) is 16.1. The van der Waals surface area contributed by atoms with Crippen molar-refractivity contribution in [1.82, 2.24) is 10.3 Å². The Balaban J connectivity index is 1.27. The maximum absolute atomic E-state index is 12.1. The van der Waals surface area contributed by atoms with E-state index < -0.39 is 5.60 Å². The third kappa shape index (κ3) is 8.42. The maximum Gasteiger partial charge on any atom is 0.407 e. The largest absolute Gasteiger partial charge is 0.493 e. The van der Waals surface area contributed by atoms with E-state index in [9.17, 15) is 4.79 Å². The standard InChI is InChI=1S/C36H45ClN4O4/c1-23(2)44-34-20-32-25(19-33(34)43-6)9-18-31(41(32)29-15-10-26(37)11-16-29)30-17-14-28(22-39-30)38-21-24-7-12-27(13-8-24)40-35(42)45-36(3,4)5/h9-11,14-20,22-24,27,31,38H,7-8,12-13,21H2,1-6H3,(H,40,42)/t24?,27?,31-/m0/s1. The lowest BCUT2D eigenvalue weighted by atomic mass is 9.86. The zero-order valence-electron chi connectivity index (χ0n) is 27.1. The molecule has 1 fully saturated rings. The summed E-state index contributed by atoms with van der Waals surface area (Å²) in [5, 5.41) is 7.29. The first-order valence-electron chi connectivity index (χ1n) is 15.8. The quantitative estimate of drug-likeness (QED) is 0.244. The lowest BCUT2D eigenvalue weighted by Crippen LogP contribution is -2.41. The normalized spacial score (nSPS) is 19.6. The Kier molecular flexibility index (Phi) is 10.1. The van der Waals surface area contributed by atoms with Gasteiger partial charge in [0, 0.05) is 34.9 Å². The van der Waals surface area contributed by atoms with Crippen LogP contribution in [0.15, 0.2) is 60.8 Å². The molecule has 0 saturated heterocycles. The van der Waals surface area contributed by atoms with Crippen molar-refractivity contribution in [3.63, 3.8) is 0 Å². The molecular formula is C36H45ClN4O4. The van der Waals surface area contributed by atoms with Crippen molar-refractivity contribution in [3.8, 4) is 11.5 Å². The number of alkyl carbamates (subject to hydrolysis) is 1. The number of nitrogens with zero attached hydrogens (tertiary/aromatic N) is 2. The minimum Gasteiger partial charge on any atom is -0.493 e. The van der Waals surface area contributed by atoms with E-state index >= 15 is 0 Å². The summed E-state index contributed by atoms with van der Waals surface area (Å²) in [5.74, 6) is 1.93. The van der Waals surface area contributed by atoms with E-state index in [1.807, 2.05) is 77.2 Å². The molecule has 2 aliphatic rings. The van der Waals surface area contributed by atoms with E-state index in [1.165, 1.54) is 0 Å². The van der Waals surface area contributed by atoms with Gasteiger partial charge in [-0.15, -0.1) is 0 Å². The number of rotatable bonds is 9. The fourth-order valence-electron chi connectivity index (χ4n) is 5.91. The molecular weight excluding hydrogens is 588 g/mol. The molecule has 0 spiro atoms. The van der Waals surface area contributed by atoms with Crippen LogP contribution in [0.1, 0.15) is 77.6 Å². The Hall–Kier alpha value is -3.91. The fourth-order valence-corrected chi connectivity index (χ4v) is 6.03. The van der Waals surface area contributed by atoms with Gasteiger partial charge in [-0.1, -0.05) is 23.8 Å². The number of carbonyl (C=O) groups excluding carboxylic acids is 1. The van der Waals surface area contributed by atoms with Gasteiger partial charge in [0.15, 0.2) is 11.5 Å². The number of halogens is 1. The third-order valence-corrected chi connectivity index (χ3v) is 8.28. The number of fused-ring (bicyclic) bond motifs is 1. The molecule has 1 saturated carbocycles. The van der Waals surface area contributed by atoms with Crippen molar-refractivity contribution in [1.29, 1.82) is 0 Å². The van der Waals surface area contributed by atoms with Crippen molar-refractivity contribution in [2.45, 2.75) is 84.1 Å². The Morgan fingerprint density at radius 2 is 1.78 bits per heavy atom. The second kappa shape index (κ2) is 14.0. The molecule has 0 unspecified atom stereocenters.